The van der Waals surface area contributed by atoms with E-state index in [9.17, 15) is 0 Å². The standard InChI is InChI=1S/C12H15N3O2S/c1-3-13-12-11(14-15-18-12)8-17-10-6-4-5-9(7-10)16-2/h4-7,13H,3,8H2,1-2H3. The largest absolute Gasteiger partial charge is 0.497 e. The molecule has 0 aliphatic carbocycles. The highest BCUT2D eigenvalue weighted by Gasteiger charge is 2.07. The molecule has 2 aromatic rings. The third-order valence-corrected chi connectivity index (χ3v) is 3.04. The topological polar surface area (TPSA) is 56.3 Å². The van der Waals surface area contributed by atoms with Crippen LogP contribution in [0.25, 0.3) is 0 Å². The van der Waals surface area contributed by atoms with Crippen molar-refractivity contribution >= 4 is 16.5 Å². The summed E-state index contributed by atoms with van der Waals surface area (Å²) < 4.78 is 14.7. The molecule has 1 aromatic carbocycles. The lowest BCUT2D eigenvalue weighted by atomic mass is 10.3. The SMILES string of the molecule is CCNc1snnc1COc1cccc(OC)c1. The van der Waals surface area contributed by atoms with Crippen LogP contribution < -0.4 is 14.8 Å². The van der Waals surface area contributed by atoms with Crippen molar-refractivity contribution in [3.05, 3.63) is 30.0 Å². The van der Waals surface area contributed by atoms with Gasteiger partial charge in [0.1, 0.15) is 28.8 Å². The molecule has 1 aromatic heterocycles. The van der Waals surface area contributed by atoms with Crippen LogP contribution in [0.2, 0.25) is 0 Å². The molecule has 0 unspecified atom stereocenters. The second-order valence-corrected chi connectivity index (χ2v) is 4.30. The summed E-state index contributed by atoms with van der Waals surface area (Å²) in [6.45, 7) is 3.27. The summed E-state index contributed by atoms with van der Waals surface area (Å²) in [6, 6.07) is 7.49. The molecule has 0 radical (unpaired) electrons. The summed E-state index contributed by atoms with van der Waals surface area (Å²) in [6.07, 6.45) is 0. The van der Waals surface area contributed by atoms with E-state index in [1.165, 1.54) is 11.5 Å². The van der Waals surface area contributed by atoms with Crippen molar-refractivity contribution in [3.8, 4) is 11.5 Å². The number of methoxy groups -OCH3 is 1. The Labute approximate surface area is 110 Å². The lowest BCUT2D eigenvalue weighted by Gasteiger charge is -2.07. The number of ether oxygens (including phenoxy) is 2. The Morgan fingerprint density at radius 2 is 2.17 bits per heavy atom. The fourth-order valence-corrected chi connectivity index (χ4v) is 2.08. The van der Waals surface area contributed by atoms with Crippen LogP contribution in [0.4, 0.5) is 5.00 Å². The summed E-state index contributed by atoms with van der Waals surface area (Å²) in [7, 11) is 1.63. The smallest absolute Gasteiger partial charge is 0.136 e. The highest BCUT2D eigenvalue weighted by Crippen LogP contribution is 2.22. The molecule has 5 nitrogen and oxygen atoms in total. The summed E-state index contributed by atoms with van der Waals surface area (Å²) in [5.74, 6) is 1.53. The van der Waals surface area contributed by atoms with E-state index in [2.05, 4.69) is 14.9 Å². The normalized spacial score (nSPS) is 10.1. The Hall–Kier alpha value is -1.82. The van der Waals surface area contributed by atoms with Gasteiger partial charge in [-0.05, 0) is 19.1 Å². The van der Waals surface area contributed by atoms with Crippen molar-refractivity contribution in [1.82, 2.24) is 9.59 Å². The third kappa shape index (κ3) is 3.10. The van der Waals surface area contributed by atoms with Gasteiger partial charge in [-0.15, -0.1) is 5.10 Å². The van der Waals surface area contributed by atoms with Crippen LogP contribution in [-0.2, 0) is 6.61 Å². The molecule has 18 heavy (non-hydrogen) atoms. The number of hydrogen-bond acceptors (Lipinski definition) is 6. The first kappa shape index (κ1) is 12.6. The molecule has 0 atom stereocenters. The van der Waals surface area contributed by atoms with Gasteiger partial charge in [-0.25, -0.2) is 0 Å². The average molecular weight is 265 g/mol. The van der Waals surface area contributed by atoms with E-state index in [4.69, 9.17) is 9.47 Å². The van der Waals surface area contributed by atoms with Crippen LogP contribution in [-0.4, -0.2) is 23.2 Å². The van der Waals surface area contributed by atoms with Gasteiger partial charge in [-0.2, -0.15) is 0 Å². The number of nitrogens with one attached hydrogen (secondary N) is 1. The van der Waals surface area contributed by atoms with Crippen molar-refractivity contribution in [3.63, 3.8) is 0 Å². The van der Waals surface area contributed by atoms with Crippen LogP contribution in [0, 0.1) is 0 Å². The van der Waals surface area contributed by atoms with E-state index in [0.717, 1.165) is 28.7 Å². The Morgan fingerprint density at radius 3 is 2.94 bits per heavy atom. The van der Waals surface area contributed by atoms with E-state index in [0.29, 0.717) is 6.61 Å². The van der Waals surface area contributed by atoms with Crippen LogP contribution in [0.5, 0.6) is 11.5 Å². The molecule has 0 spiro atoms. The molecule has 0 fully saturated rings. The van der Waals surface area contributed by atoms with E-state index in [1.54, 1.807) is 7.11 Å². The summed E-state index contributed by atoms with van der Waals surface area (Å²) in [5, 5.41) is 8.20. The molecule has 0 aliphatic heterocycles. The summed E-state index contributed by atoms with van der Waals surface area (Å²) >= 11 is 1.34. The van der Waals surface area contributed by atoms with Gasteiger partial charge in [-0.3, -0.25) is 0 Å². The second kappa shape index (κ2) is 6.20. The van der Waals surface area contributed by atoms with Crippen molar-refractivity contribution in [1.29, 1.82) is 0 Å². The predicted molar refractivity (Wildman–Crippen MR) is 71.4 cm³/mol. The van der Waals surface area contributed by atoms with Crippen molar-refractivity contribution in [2.24, 2.45) is 0 Å². The van der Waals surface area contributed by atoms with Crippen molar-refractivity contribution in [2.75, 3.05) is 19.0 Å². The summed E-state index contributed by atoms with van der Waals surface area (Å²) in [5.41, 5.74) is 0.824. The Kier molecular flexibility index (Phi) is 4.35. The molecule has 0 saturated carbocycles. The van der Waals surface area contributed by atoms with Crippen LogP contribution in [0.3, 0.4) is 0 Å². The first-order chi connectivity index (χ1) is 8.83. The quantitative estimate of drug-likeness (QED) is 0.870. The Balaban J connectivity index is 1.99. The Bertz CT molecular complexity index is 502. The lowest BCUT2D eigenvalue weighted by Crippen LogP contribution is -2.02. The molecule has 0 bridgehead atoms. The molecule has 0 amide bonds. The molecule has 1 N–H and O–H groups in total. The average Bonchev–Trinajstić information content (AvgIpc) is 2.85. The molecule has 1 heterocycles. The minimum absolute atomic E-state index is 0.395. The zero-order valence-corrected chi connectivity index (χ0v) is 11.2. The molecular formula is C12H15N3O2S. The summed E-state index contributed by atoms with van der Waals surface area (Å²) in [4.78, 5) is 0. The number of nitrogens with zero attached hydrogens (tertiary/aromatic N) is 2. The molecule has 6 heteroatoms. The van der Waals surface area contributed by atoms with Crippen molar-refractivity contribution < 1.29 is 9.47 Å². The van der Waals surface area contributed by atoms with E-state index >= 15 is 0 Å². The van der Waals surface area contributed by atoms with Gasteiger partial charge in [0.25, 0.3) is 0 Å². The van der Waals surface area contributed by atoms with Crippen LogP contribution in [0.15, 0.2) is 24.3 Å². The van der Waals surface area contributed by atoms with Gasteiger partial charge in [-0.1, -0.05) is 10.6 Å². The van der Waals surface area contributed by atoms with E-state index in [-0.39, 0.29) is 0 Å². The number of hydrogen-bond donors (Lipinski definition) is 1. The molecular weight excluding hydrogens is 250 g/mol. The molecule has 0 aliphatic rings. The number of benzene rings is 1. The highest BCUT2D eigenvalue weighted by molar-refractivity contribution is 7.10. The number of aromatic nitrogens is 2. The van der Waals surface area contributed by atoms with Gasteiger partial charge in [0.05, 0.1) is 7.11 Å². The van der Waals surface area contributed by atoms with E-state index in [1.807, 2.05) is 31.2 Å². The lowest BCUT2D eigenvalue weighted by molar-refractivity contribution is 0.299. The maximum Gasteiger partial charge on any atom is 0.136 e. The zero-order chi connectivity index (χ0) is 12.8. The second-order valence-electron chi connectivity index (χ2n) is 3.55. The van der Waals surface area contributed by atoms with Crippen LogP contribution in [0.1, 0.15) is 12.6 Å². The van der Waals surface area contributed by atoms with Crippen LogP contribution >= 0.6 is 11.5 Å². The highest BCUT2D eigenvalue weighted by atomic mass is 32.1. The molecule has 2 rings (SSSR count). The number of anilines is 1. The fourth-order valence-electron chi connectivity index (χ4n) is 1.44. The minimum atomic E-state index is 0.395. The molecule has 96 valence electrons. The Morgan fingerprint density at radius 1 is 1.33 bits per heavy atom. The first-order valence-corrected chi connectivity index (χ1v) is 6.42. The number of rotatable bonds is 6. The zero-order valence-electron chi connectivity index (χ0n) is 10.3. The predicted octanol–water partition coefficient (Wildman–Crippen LogP) is 2.56. The first-order valence-electron chi connectivity index (χ1n) is 5.65. The van der Waals surface area contributed by atoms with Gasteiger partial charge < -0.3 is 14.8 Å². The van der Waals surface area contributed by atoms with Crippen molar-refractivity contribution in [2.45, 2.75) is 13.5 Å². The van der Waals surface area contributed by atoms with Gasteiger partial charge in [0, 0.05) is 24.1 Å². The molecule has 0 saturated heterocycles. The fraction of sp³-hybridized carbons (Fsp3) is 0.333. The van der Waals surface area contributed by atoms with E-state index < -0.39 is 0 Å². The maximum atomic E-state index is 5.66. The monoisotopic (exact) mass is 265 g/mol. The maximum absolute atomic E-state index is 5.66. The third-order valence-electron chi connectivity index (χ3n) is 2.31. The van der Waals surface area contributed by atoms with Gasteiger partial charge in [0.2, 0.25) is 0 Å². The van der Waals surface area contributed by atoms with Gasteiger partial charge in [0.15, 0.2) is 0 Å². The minimum Gasteiger partial charge on any atom is -0.497 e. The van der Waals surface area contributed by atoms with Gasteiger partial charge >= 0.3 is 0 Å².